The van der Waals surface area contributed by atoms with E-state index in [0.29, 0.717) is 25.8 Å². The molecule has 1 aliphatic heterocycles. The molecule has 162 valence electrons. The van der Waals surface area contributed by atoms with Gasteiger partial charge in [-0.05, 0) is 12.8 Å². The van der Waals surface area contributed by atoms with Crippen LogP contribution in [0.3, 0.4) is 0 Å². The second-order valence-electron chi connectivity index (χ2n) is 6.25. The van der Waals surface area contributed by atoms with Crippen molar-refractivity contribution in [3.63, 3.8) is 0 Å². The highest BCUT2D eigenvalue weighted by atomic mass is 16.5. The first-order valence-corrected chi connectivity index (χ1v) is 9.21. The molecule has 0 spiro atoms. The third-order valence-corrected chi connectivity index (χ3v) is 3.99. The lowest BCUT2D eigenvalue weighted by Crippen LogP contribution is -2.37. The zero-order valence-electron chi connectivity index (χ0n) is 16.1. The zero-order chi connectivity index (χ0) is 21.6. The third kappa shape index (κ3) is 10.4. The lowest BCUT2D eigenvalue weighted by atomic mass is 10.1. The number of unbranched alkanes of at least 4 members (excludes halogenated alkanes) is 2. The summed E-state index contributed by atoms with van der Waals surface area (Å²) in [5.74, 6) is -3.09. The van der Waals surface area contributed by atoms with E-state index in [1.54, 1.807) is 0 Å². The molecule has 0 bridgehead atoms. The number of hydrogen-bond acceptors (Lipinski definition) is 7. The molecule has 0 radical (unpaired) electrons. The molecule has 3 amide bonds. The molecule has 11 heteroatoms. The number of ether oxygens (including phenoxy) is 2. The molecule has 0 aromatic rings. The molecular weight excluding hydrogens is 388 g/mol. The summed E-state index contributed by atoms with van der Waals surface area (Å²) >= 11 is 0. The zero-order valence-corrected chi connectivity index (χ0v) is 16.1. The van der Waals surface area contributed by atoms with Crippen molar-refractivity contribution in [2.75, 3.05) is 46.1 Å². The molecule has 29 heavy (non-hydrogen) atoms. The summed E-state index contributed by atoms with van der Waals surface area (Å²) in [5, 5.41) is 17.1. The van der Waals surface area contributed by atoms with Gasteiger partial charge < -0.3 is 24.6 Å². The summed E-state index contributed by atoms with van der Waals surface area (Å²) < 4.78 is 9.87. The van der Waals surface area contributed by atoms with Crippen LogP contribution in [0.2, 0.25) is 0 Å². The molecule has 0 saturated heterocycles. The summed E-state index contributed by atoms with van der Waals surface area (Å²) in [5.41, 5.74) is 0. The number of hydrogen-bond donors (Lipinski definition) is 2. The van der Waals surface area contributed by atoms with Crippen LogP contribution in [0.25, 0.3) is 0 Å². The fraction of sp³-hybridized carbons (Fsp3) is 0.611. The second-order valence-corrected chi connectivity index (χ2v) is 6.25. The summed E-state index contributed by atoms with van der Waals surface area (Å²) in [6.45, 7) is -0.266. The number of carboxylic acids is 2. The van der Waals surface area contributed by atoms with Crippen LogP contribution in [0, 0.1) is 0 Å². The molecule has 1 rings (SSSR count). The van der Waals surface area contributed by atoms with E-state index in [1.165, 1.54) is 17.1 Å². The smallest absolute Gasteiger partial charge is 0.329 e. The van der Waals surface area contributed by atoms with Gasteiger partial charge in [0, 0.05) is 38.2 Å². The first kappa shape index (κ1) is 24.2. The average molecular weight is 414 g/mol. The molecule has 2 N–H and O–H groups in total. The highest BCUT2D eigenvalue weighted by Gasteiger charge is 2.22. The maximum absolute atomic E-state index is 12.4. The number of carbonyl (C=O) groups excluding carboxylic acids is 3. The Labute approximate surface area is 167 Å². The van der Waals surface area contributed by atoms with Gasteiger partial charge in [0.1, 0.15) is 13.2 Å². The van der Waals surface area contributed by atoms with Gasteiger partial charge in [-0.2, -0.15) is 0 Å². The Hall–Kier alpha value is -2.79. The number of rotatable bonds is 16. The normalized spacial score (nSPS) is 13.2. The molecule has 1 aliphatic rings. The van der Waals surface area contributed by atoms with Crippen molar-refractivity contribution < 1.29 is 43.7 Å². The van der Waals surface area contributed by atoms with Gasteiger partial charge in [0.2, 0.25) is 5.91 Å². The standard InChI is InChI=1S/C18H26N2O9/c21-14(4-2-1-3-7-20-15(22)5-6-16(20)23)19(8-10-28-12-17(24)25)9-11-29-13-18(26)27/h5-6H,1-4,7-13H2,(H,24,25)(H,26,27). The molecule has 0 aromatic heterocycles. The van der Waals surface area contributed by atoms with E-state index < -0.39 is 25.2 Å². The van der Waals surface area contributed by atoms with E-state index in [9.17, 15) is 24.0 Å². The fourth-order valence-electron chi connectivity index (χ4n) is 2.56. The van der Waals surface area contributed by atoms with Gasteiger partial charge in [0.05, 0.1) is 13.2 Å². The number of amides is 3. The molecule has 0 atom stereocenters. The Kier molecular flexibility index (Phi) is 11.2. The maximum atomic E-state index is 12.4. The number of nitrogens with zero attached hydrogens (tertiary/aromatic N) is 2. The molecule has 0 saturated carbocycles. The van der Waals surface area contributed by atoms with Crippen LogP contribution < -0.4 is 0 Å². The van der Waals surface area contributed by atoms with Gasteiger partial charge in [-0.25, -0.2) is 9.59 Å². The minimum atomic E-state index is -1.11. The van der Waals surface area contributed by atoms with Crippen molar-refractivity contribution >= 4 is 29.7 Å². The Balaban J connectivity index is 2.31. The quantitative estimate of drug-likeness (QED) is 0.252. The molecule has 0 aromatic carbocycles. The van der Waals surface area contributed by atoms with Crippen LogP contribution in [0.1, 0.15) is 25.7 Å². The van der Waals surface area contributed by atoms with E-state index in [0.717, 1.165) is 4.90 Å². The lowest BCUT2D eigenvalue weighted by Gasteiger charge is -2.22. The van der Waals surface area contributed by atoms with Gasteiger partial charge in [-0.15, -0.1) is 0 Å². The van der Waals surface area contributed by atoms with Crippen LogP contribution >= 0.6 is 0 Å². The highest BCUT2D eigenvalue weighted by Crippen LogP contribution is 2.09. The first-order chi connectivity index (χ1) is 13.8. The molecule has 0 unspecified atom stereocenters. The molecular formula is C18H26N2O9. The van der Waals surface area contributed by atoms with E-state index in [2.05, 4.69) is 0 Å². The van der Waals surface area contributed by atoms with Gasteiger partial charge in [0.25, 0.3) is 11.8 Å². The monoisotopic (exact) mass is 414 g/mol. The molecule has 1 heterocycles. The van der Waals surface area contributed by atoms with Crippen LogP contribution in [-0.4, -0.2) is 95.7 Å². The molecule has 0 aliphatic carbocycles. The van der Waals surface area contributed by atoms with E-state index in [1.807, 2.05) is 0 Å². The van der Waals surface area contributed by atoms with E-state index in [-0.39, 0.29) is 50.4 Å². The number of aliphatic carboxylic acids is 2. The number of carbonyl (C=O) groups is 5. The minimum Gasteiger partial charge on any atom is -0.480 e. The van der Waals surface area contributed by atoms with Gasteiger partial charge >= 0.3 is 11.9 Å². The van der Waals surface area contributed by atoms with E-state index >= 15 is 0 Å². The van der Waals surface area contributed by atoms with Crippen LogP contribution in [0.15, 0.2) is 12.2 Å². The first-order valence-electron chi connectivity index (χ1n) is 9.21. The largest absolute Gasteiger partial charge is 0.480 e. The van der Waals surface area contributed by atoms with Crippen molar-refractivity contribution in [2.24, 2.45) is 0 Å². The highest BCUT2D eigenvalue weighted by molar-refractivity contribution is 6.12. The van der Waals surface area contributed by atoms with Crippen molar-refractivity contribution in [1.29, 1.82) is 0 Å². The van der Waals surface area contributed by atoms with E-state index in [4.69, 9.17) is 19.7 Å². The summed E-state index contributed by atoms with van der Waals surface area (Å²) in [7, 11) is 0. The van der Waals surface area contributed by atoms with Crippen molar-refractivity contribution in [1.82, 2.24) is 9.80 Å². The number of carboxylic acid groups (broad SMARTS) is 2. The summed E-state index contributed by atoms with van der Waals surface area (Å²) in [6.07, 6.45) is 4.44. The predicted octanol–water partition coefficient (Wildman–Crippen LogP) is -0.497. The third-order valence-electron chi connectivity index (χ3n) is 3.99. The summed E-state index contributed by atoms with van der Waals surface area (Å²) in [6, 6.07) is 0. The Morgan fingerprint density at radius 2 is 1.38 bits per heavy atom. The minimum absolute atomic E-state index is 0.0309. The van der Waals surface area contributed by atoms with Gasteiger partial charge in [-0.3, -0.25) is 19.3 Å². The maximum Gasteiger partial charge on any atom is 0.329 e. The second kappa shape index (κ2) is 13.4. The van der Waals surface area contributed by atoms with Crippen LogP contribution in [-0.2, 0) is 33.4 Å². The Morgan fingerprint density at radius 3 is 1.86 bits per heavy atom. The van der Waals surface area contributed by atoms with Crippen LogP contribution in [0.5, 0.6) is 0 Å². The Bertz CT molecular complexity index is 593. The topological polar surface area (TPSA) is 151 Å². The predicted molar refractivity (Wildman–Crippen MR) is 97.8 cm³/mol. The SMILES string of the molecule is O=C(O)COCCN(CCOCC(=O)O)C(=O)CCCCCN1C(=O)C=CC1=O. The average Bonchev–Trinajstić information content (AvgIpc) is 2.97. The lowest BCUT2D eigenvalue weighted by molar-refractivity contribution is -0.143. The Morgan fingerprint density at radius 1 is 0.862 bits per heavy atom. The molecule has 0 fully saturated rings. The van der Waals surface area contributed by atoms with Crippen molar-refractivity contribution in [2.45, 2.75) is 25.7 Å². The van der Waals surface area contributed by atoms with Crippen molar-refractivity contribution in [3.8, 4) is 0 Å². The molecule has 11 nitrogen and oxygen atoms in total. The van der Waals surface area contributed by atoms with Gasteiger partial charge in [0.15, 0.2) is 0 Å². The van der Waals surface area contributed by atoms with Crippen LogP contribution in [0.4, 0.5) is 0 Å². The van der Waals surface area contributed by atoms with Crippen molar-refractivity contribution in [3.05, 3.63) is 12.2 Å². The number of imide groups is 1. The van der Waals surface area contributed by atoms with Gasteiger partial charge in [-0.1, -0.05) is 6.42 Å². The summed E-state index contributed by atoms with van der Waals surface area (Å²) in [4.78, 5) is 58.8. The fourth-order valence-corrected chi connectivity index (χ4v) is 2.56.